The molecule has 1 N–H and O–H groups in total. The average molecular weight is 384 g/mol. The second-order valence-corrected chi connectivity index (χ2v) is 6.04. The van der Waals surface area contributed by atoms with Gasteiger partial charge in [-0.2, -0.15) is 5.10 Å². The maximum absolute atomic E-state index is 11.9. The van der Waals surface area contributed by atoms with E-state index in [2.05, 4.69) is 10.5 Å². The fraction of sp³-hybridized carbons (Fsp3) is 0.0526. The SMILES string of the molecule is O=C(Cc1ccc(Cl)cc1)N/N=C\c1ccc(-c2cccc([N+](=O)[O-])c2)o1. The summed E-state index contributed by atoms with van der Waals surface area (Å²) < 4.78 is 5.58. The van der Waals surface area contributed by atoms with Crippen LogP contribution in [0.5, 0.6) is 0 Å². The molecule has 0 atom stereocenters. The zero-order chi connectivity index (χ0) is 19.2. The monoisotopic (exact) mass is 383 g/mol. The normalized spacial score (nSPS) is 10.9. The first-order valence-corrected chi connectivity index (χ1v) is 8.30. The lowest BCUT2D eigenvalue weighted by atomic mass is 10.1. The largest absolute Gasteiger partial charge is 0.455 e. The van der Waals surface area contributed by atoms with Crippen molar-refractivity contribution < 1.29 is 14.1 Å². The number of carbonyl (C=O) groups excluding carboxylic acids is 1. The average Bonchev–Trinajstić information content (AvgIpc) is 3.13. The van der Waals surface area contributed by atoms with E-state index in [1.165, 1.54) is 18.3 Å². The Balaban J connectivity index is 1.60. The number of hydrogen-bond donors (Lipinski definition) is 1. The predicted octanol–water partition coefficient (Wildman–Crippen LogP) is 4.20. The Kier molecular flexibility index (Phi) is 5.63. The van der Waals surface area contributed by atoms with Gasteiger partial charge in [0.15, 0.2) is 0 Å². The molecule has 3 rings (SSSR count). The molecular weight excluding hydrogens is 370 g/mol. The van der Waals surface area contributed by atoms with E-state index >= 15 is 0 Å². The molecule has 136 valence electrons. The molecule has 0 radical (unpaired) electrons. The number of hydrogen-bond acceptors (Lipinski definition) is 5. The molecule has 0 aliphatic heterocycles. The van der Waals surface area contributed by atoms with Crippen molar-refractivity contribution in [1.29, 1.82) is 0 Å². The Labute approximate surface area is 159 Å². The molecule has 8 heteroatoms. The molecule has 7 nitrogen and oxygen atoms in total. The maximum atomic E-state index is 11.9. The molecule has 0 aliphatic rings. The number of non-ortho nitro benzene ring substituents is 1. The van der Waals surface area contributed by atoms with E-state index in [9.17, 15) is 14.9 Å². The molecule has 0 bridgehead atoms. The highest BCUT2D eigenvalue weighted by Gasteiger charge is 2.10. The molecule has 0 fully saturated rings. The number of nitro groups is 1. The topological polar surface area (TPSA) is 97.7 Å². The van der Waals surface area contributed by atoms with Gasteiger partial charge in [-0.3, -0.25) is 14.9 Å². The molecule has 0 saturated carbocycles. The Morgan fingerprint density at radius 1 is 1.19 bits per heavy atom. The Morgan fingerprint density at radius 3 is 2.70 bits per heavy atom. The summed E-state index contributed by atoms with van der Waals surface area (Å²) in [7, 11) is 0. The second kappa shape index (κ2) is 8.29. The van der Waals surface area contributed by atoms with Crippen molar-refractivity contribution in [3.63, 3.8) is 0 Å². The van der Waals surface area contributed by atoms with Crippen LogP contribution in [0.15, 0.2) is 70.2 Å². The first kappa shape index (κ1) is 18.3. The second-order valence-electron chi connectivity index (χ2n) is 5.61. The van der Waals surface area contributed by atoms with Crippen LogP contribution >= 0.6 is 11.6 Å². The lowest BCUT2D eigenvalue weighted by Gasteiger charge is -2.00. The standard InChI is InChI=1S/C19H14ClN3O4/c20-15-6-4-13(5-7-15)10-19(24)22-21-12-17-8-9-18(27-17)14-2-1-3-16(11-14)23(25)26/h1-9,11-12H,10H2,(H,22,24)/b21-12-. The summed E-state index contributed by atoms with van der Waals surface area (Å²) in [5.41, 5.74) is 3.79. The smallest absolute Gasteiger partial charge is 0.270 e. The fourth-order valence-corrected chi connectivity index (χ4v) is 2.47. The number of nitrogens with one attached hydrogen (secondary N) is 1. The molecule has 0 aliphatic carbocycles. The highest BCUT2D eigenvalue weighted by atomic mass is 35.5. The van der Waals surface area contributed by atoms with Crippen molar-refractivity contribution in [2.75, 3.05) is 0 Å². The third-order valence-electron chi connectivity index (χ3n) is 3.63. The number of amides is 1. The Hall–Kier alpha value is -3.45. The van der Waals surface area contributed by atoms with Crippen LogP contribution in [0.3, 0.4) is 0 Å². The minimum atomic E-state index is -0.467. The summed E-state index contributed by atoms with van der Waals surface area (Å²) in [5.74, 6) is 0.593. The van der Waals surface area contributed by atoms with Gasteiger partial charge in [-0.1, -0.05) is 35.9 Å². The first-order chi connectivity index (χ1) is 13.0. The van der Waals surface area contributed by atoms with Crippen LogP contribution in [-0.2, 0) is 11.2 Å². The van der Waals surface area contributed by atoms with Crippen LogP contribution in [0.1, 0.15) is 11.3 Å². The number of hydrazone groups is 1. The number of carbonyl (C=O) groups is 1. The summed E-state index contributed by atoms with van der Waals surface area (Å²) >= 11 is 5.80. The highest BCUT2D eigenvalue weighted by Crippen LogP contribution is 2.25. The van der Waals surface area contributed by atoms with E-state index in [0.717, 1.165) is 5.56 Å². The lowest BCUT2D eigenvalue weighted by molar-refractivity contribution is -0.384. The van der Waals surface area contributed by atoms with E-state index in [4.69, 9.17) is 16.0 Å². The van der Waals surface area contributed by atoms with Crippen LogP contribution in [0.2, 0.25) is 5.02 Å². The third kappa shape index (κ3) is 5.02. The van der Waals surface area contributed by atoms with Gasteiger partial charge in [0.1, 0.15) is 11.5 Å². The van der Waals surface area contributed by atoms with Gasteiger partial charge in [0.05, 0.1) is 17.6 Å². The van der Waals surface area contributed by atoms with E-state index in [1.807, 2.05) is 0 Å². The zero-order valence-electron chi connectivity index (χ0n) is 14.0. The van der Waals surface area contributed by atoms with Crippen LogP contribution in [0, 0.1) is 10.1 Å². The fourth-order valence-electron chi connectivity index (χ4n) is 2.35. The Morgan fingerprint density at radius 2 is 1.96 bits per heavy atom. The first-order valence-electron chi connectivity index (χ1n) is 7.92. The minimum absolute atomic E-state index is 0.0198. The van der Waals surface area contributed by atoms with Gasteiger partial charge in [0.2, 0.25) is 5.91 Å². The lowest BCUT2D eigenvalue weighted by Crippen LogP contribution is -2.19. The van der Waals surface area contributed by atoms with Gasteiger partial charge in [0, 0.05) is 22.7 Å². The summed E-state index contributed by atoms with van der Waals surface area (Å²) in [6.07, 6.45) is 1.53. The number of nitro benzene ring substituents is 1. The summed E-state index contributed by atoms with van der Waals surface area (Å²) in [6, 6.07) is 16.4. The van der Waals surface area contributed by atoms with Crippen LogP contribution in [0.4, 0.5) is 5.69 Å². The summed E-state index contributed by atoms with van der Waals surface area (Å²) in [5, 5.41) is 15.3. The van der Waals surface area contributed by atoms with Gasteiger partial charge >= 0.3 is 0 Å². The van der Waals surface area contributed by atoms with Crippen LogP contribution in [-0.4, -0.2) is 17.0 Å². The highest BCUT2D eigenvalue weighted by molar-refractivity contribution is 6.30. The maximum Gasteiger partial charge on any atom is 0.270 e. The van der Waals surface area contributed by atoms with Crippen molar-refractivity contribution in [2.24, 2.45) is 5.10 Å². The molecule has 1 heterocycles. The minimum Gasteiger partial charge on any atom is -0.455 e. The molecule has 0 saturated heterocycles. The molecule has 3 aromatic rings. The van der Waals surface area contributed by atoms with Gasteiger partial charge in [0.25, 0.3) is 5.69 Å². The number of rotatable bonds is 6. The van der Waals surface area contributed by atoms with Gasteiger partial charge in [-0.05, 0) is 29.8 Å². The van der Waals surface area contributed by atoms with Crippen molar-refractivity contribution >= 4 is 29.4 Å². The number of benzene rings is 2. The Bertz CT molecular complexity index is 996. The van der Waals surface area contributed by atoms with Gasteiger partial charge in [-0.25, -0.2) is 5.43 Å². The van der Waals surface area contributed by atoms with E-state index in [1.54, 1.807) is 48.5 Å². The van der Waals surface area contributed by atoms with Gasteiger partial charge in [-0.15, -0.1) is 0 Å². The molecule has 27 heavy (non-hydrogen) atoms. The molecular formula is C19H14ClN3O4. The summed E-state index contributed by atoms with van der Waals surface area (Å²) in [4.78, 5) is 22.2. The van der Waals surface area contributed by atoms with Crippen molar-refractivity contribution in [1.82, 2.24) is 5.43 Å². The molecule has 0 unspecified atom stereocenters. The van der Waals surface area contributed by atoms with Gasteiger partial charge < -0.3 is 4.42 Å². The molecule has 1 aromatic heterocycles. The van der Waals surface area contributed by atoms with E-state index < -0.39 is 4.92 Å². The van der Waals surface area contributed by atoms with Crippen molar-refractivity contribution in [3.05, 3.63) is 87.1 Å². The van der Waals surface area contributed by atoms with Crippen molar-refractivity contribution in [3.8, 4) is 11.3 Å². The summed E-state index contributed by atoms with van der Waals surface area (Å²) in [6.45, 7) is 0. The van der Waals surface area contributed by atoms with E-state index in [-0.39, 0.29) is 18.0 Å². The molecule has 1 amide bonds. The van der Waals surface area contributed by atoms with Crippen molar-refractivity contribution in [2.45, 2.75) is 6.42 Å². The molecule has 0 spiro atoms. The number of halogens is 1. The predicted molar refractivity (Wildman–Crippen MR) is 102 cm³/mol. The number of furan rings is 1. The van der Waals surface area contributed by atoms with Crippen LogP contribution < -0.4 is 5.43 Å². The molecule has 2 aromatic carbocycles. The van der Waals surface area contributed by atoms with Crippen LogP contribution in [0.25, 0.3) is 11.3 Å². The van der Waals surface area contributed by atoms with E-state index in [0.29, 0.717) is 22.1 Å². The zero-order valence-corrected chi connectivity index (χ0v) is 14.7. The quantitative estimate of drug-likeness (QED) is 0.391. The third-order valence-corrected chi connectivity index (χ3v) is 3.88. The number of nitrogens with zero attached hydrogens (tertiary/aromatic N) is 2.